The fourth-order valence-electron chi connectivity index (χ4n) is 1.66. The lowest BCUT2D eigenvalue weighted by molar-refractivity contribution is 0.491. The Hall–Kier alpha value is -1.72. The number of hydrogen-bond donors (Lipinski definition) is 1. The third kappa shape index (κ3) is 1.94. The van der Waals surface area contributed by atoms with Crippen LogP contribution in [0.4, 0.5) is 0 Å². The van der Waals surface area contributed by atoms with Crippen LogP contribution in [0.1, 0.15) is 5.89 Å². The van der Waals surface area contributed by atoms with Crippen LogP contribution in [-0.2, 0) is 6.54 Å². The zero-order valence-corrected chi connectivity index (χ0v) is 10.1. The molecule has 0 fully saturated rings. The van der Waals surface area contributed by atoms with Gasteiger partial charge in [0.05, 0.1) is 11.4 Å². The van der Waals surface area contributed by atoms with Crippen LogP contribution in [-0.4, -0.2) is 17.2 Å². The molecule has 4 nitrogen and oxygen atoms in total. The third-order valence-corrected chi connectivity index (χ3v) is 3.54. The Morgan fingerprint density at radius 1 is 1.29 bits per heavy atom. The Labute approximate surface area is 102 Å². The zero-order valence-electron chi connectivity index (χ0n) is 9.30. The maximum atomic E-state index is 5.57. The van der Waals surface area contributed by atoms with E-state index in [1.165, 1.54) is 10.1 Å². The predicted octanol–water partition coefficient (Wildman–Crippen LogP) is 2.67. The standard InChI is InChI=1S/C12H11N3OS/c1-13-7-11-14-15-12(16-11)10-6-8-4-2-3-5-9(8)17-10/h2-6,13H,7H2,1H3. The van der Waals surface area contributed by atoms with Crippen LogP contribution in [0, 0.1) is 0 Å². The third-order valence-electron chi connectivity index (χ3n) is 2.43. The molecule has 1 aromatic carbocycles. The Balaban J connectivity index is 2.01. The van der Waals surface area contributed by atoms with Crippen LogP contribution >= 0.6 is 11.3 Å². The van der Waals surface area contributed by atoms with Crippen molar-refractivity contribution in [1.29, 1.82) is 0 Å². The van der Waals surface area contributed by atoms with Crippen LogP contribution in [0.5, 0.6) is 0 Å². The van der Waals surface area contributed by atoms with Crippen molar-refractivity contribution in [3.8, 4) is 10.8 Å². The van der Waals surface area contributed by atoms with Gasteiger partial charge in [0.1, 0.15) is 0 Å². The molecule has 1 N–H and O–H groups in total. The highest BCUT2D eigenvalue weighted by Gasteiger charge is 2.10. The van der Waals surface area contributed by atoms with Crippen LogP contribution in [0.15, 0.2) is 34.7 Å². The van der Waals surface area contributed by atoms with Crippen molar-refractivity contribution in [3.05, 3.63) is 36.2 Å². The zero-order chi connectivity index (χ0) is 11.7. The van der Waals surface area contributed by atoms with E-state index >= 15 is 0 Å². The van der Waals surface area contributed by atoms with Crippen molar-refractivity contribution in [3.63, 3.8) is 0 Å². The summed E-state index contributed by atoms with van der Waals surface area (Å²) in [5, 5.41) is 12.2. The molecule has 86 valence electrons. The van der Waals surface area contributed by atoms with Gasteiger partial charge in [0.25, 0.3) is 5.89 Å². The summed E-state index contributed by atoms with van der Waals surface area (Å²) < 4.78 is 6.80. The molecule has 0 atom stereocenters. The minimum atomic E-state index is 0.594. The second-order valence-electron chi connectivity index (χ2n) is 3.68. The van der Waals surface area contributed by atoms with Crippen LogP contribution in [0.25, 0.3) is 20.9 Å². The summed E-state index contributed by atoms with van der Waals surface area (Å²) in [7, 11) is 1.85. The summed E-state index contributed by atoms with van der Waals surface area (Å²) in [5.41, 5.74) is 0. The van der Waals surface area contributed by atoms with E-state index in [0.29, 0.717) is 18.3 Å². The van der Waals surface area contributed by atoms with E-state index in [9.17, 15) is 0 Å². The van der Waals surface area contributed by atoms with Crippen LogP contribution in [0.2, 0.25) is 0 Å². The Morgan fingerprint density at radius 2 is 2.18 bits per heavy atom. The summed E-state index contributed by atoms with van der Waals surface area (Å²) >= 11 is 1.67. The van der Waals surface area contributed by atoms with Gasteiger partial charge in [-0.25, -0.2) is 0 Å². The summed E-state index contributed by atoms with van der Waals surface area (Å²) in [4.78, 5) is 1.01. The molecule has 3 aromatic rings. The molecule has 0 aliphatic rings. The highest BCUT2D eigenvalue weighted by molar-refractivity contribution is 7.22. The molecule has 0 bridgehead atoms. The highest BCUT2D eigenvalue weighted by atomic mass is 32.1. The second-order valence-corrected chi connectivity index (χ2v) is 4.76. The second kappa shape index (κ2) is 4.27. The van der Waals surface area contributed by atoms with E-state index in [1.54, 1.807) is 11.3 Å². The molecule has 3 rings (SSSR count). The number of fused-ring (bicyclic) bond motifs is 1. The smallest absolute Gasteiger partial charge is 0.257 e. The van der Waals surface area contributed by atoms with Gasteiger partial charge in [-0.05, 0) is 24.6 Å². The molecule has 0 saturated carbocycles. The first-order chi connectivity index (χ1) is 8.36. The largest absolute Gasteiger partial charge is 0.419 e. The molecule has 0 amide bonds. The maximum absolute atomic E-state index is 5.57. The van der Waals surface area contributed by atoms with Crippen molar-refractivity contribution in [2.24, 2.45) is 0 Å². The normalized spacial score (nSPS) is 11.1. The van der Waals surface area contributed by atoms with E-state index in [1.807, 2.05) is 19.2 Å². The van der Waals surface area contributed by atoms with Crippen molar-refractivity contribution in [1.82, 2.24) is 15.5 Å². The van der Waals surface area contributed by atoms with E-state index in [4.69, 9.17) is 4.42 Å². The first-order valence-electron chi connectivity index (χ1n) is 5.33. The average molecular weight is 245 g/mol. The van der Waals surface area contributed by atoms with Gasteiger partial charge < -0.3 is 9.73 Å². The number of nitrogens with zero attached hydrogens (tertiary/aromatic N) is 2. The highest BCUT2D eigenvalue weighted by Crippen LogP contribution is 2.32. The molecular weight excluding hydrogens is 234 g/mol. The van der Waals surface area contributed by atoms with Gasteiger partial charge in [-0.2, -0.15) is 0 Å². The lowest BCUT2D eigenvalue weighted by Crippen LogP contribution is -2.04. The van der Waals surface area contributed by atoms with E-state index in [0.717, 1.165) is 4.88 Å². The summed E-state index contributed by atoms with van der Waals surface area (Å²) in [6, 6.07) is 10.3. The summed E-state index contributed by atoms with van der Waals surface area (Å²) in [6.45, 7) is 0.595. The van der Waals surface area contributed by atoms with Gasteiger partial charge >= 0.3 is 0 Å². The number of aromatic nitrogens is 2. The van der Waals surface area contributed by atoms with E-state index < -0.39 is 0 Å². The van der Waals surface area contributed by atoms with Crippen molar-refractivity contribution >= 4 is 21.4 Å². The molecular formula is C12H11N3OS. The van der Waals surface area contributed by atoms with E-state index in [-0.39, 0.29) is 0 Å². The molecule has 0 aliphatic heterocycles. The van der Waals surface area contributed by atoms with Gasteiger partial charge in [-0.1, -0.05) is 18.2 Å². The number of nitrogens with one attached hydrogen (secondary N) is 1. The Kier molecular flexibility index (Phi) is 2.62. The molecule has 2 aromatic heterocycles. The number of thiophene rings is 1. The molecule has 0 unspecified atom stereocenters. The quantitative estimate of drug-likeness (QED) is 0.770. The first-order valence-corrected chi connectivity index (χ1v) is 6.14. The Morgan fingerprint density at radius 3 is 3.00 bits per heavy atom. The molecule has 2 heterocycles. The average Bonchev–Trinajstić information content (AvgIpc) is 2.94. The molecule has 0 saturated heterocycles. The van der Waals surface area contributed by atoms with E-state index in [2.05, 4.69) is 33.7 Å². The minimum Gasteiger partial charge on any atom is -0.419 e. The van der Waals surface area contributed by atoms with Crippen LogP contribution < -0.4 is 5.32 Å². The summed E-state index contributed by atoms with van der Waals surface area (Å²) in [5.74, 6) is 1.21. The van der Waals surface area contributed by atoms with Gasteiger partial charge in [-0.15, -0.1) is 21.5 Å². The molecule has 17 heavy (non-hydrogen) atoms. The molecule has 0 spiro atoms. The molecule has 5 heteroatoms. The van der Waals surface area contributed by atoms with Crippen LogP contribution in [0.3, 0.4) is 0 Å². The maximum Gasteiger partial charge on any atom is 0.257 e. The number of benzene rings is 1. The van der Waals surface area contributed by atoms with Crippen molar-refractivity contribution in [2.45, 2.75) is 6.54 Å². The SMILES string of the molecule is CNCc1nnc(-c2cc3ccccc3s2)o1. The fourth-order valence-corrected chi connectivity index (χ4v) is 2.65. The summed E-state index contributed by atoms with van der Waals surface area (Å²) in [6.07, 6.45) is 0. The number of rotatable bonds is 3. The molecule has 0 aliphatic carbocycles. The fraction of sp³-hybridized carbons (Fsp3) is 0.167. The lowest BCUT2D eigenvalue weighted by Gasteiger charge is -1.88. The topological polar surface area (TPSA) is 51.0 Å². The van der Waals surface area contributed by atoms with Gasteiger partial charge in [0.2, 0.25) is 5.89 Å². The van der Waals surface area contributed by atoms with Crippen molar-refractivity contribution < 1.29 is 4.42 Å². The lowest BCUT2D eigenvalue weighted by atomic mass is 10.2. The number of hydrogen-bond acceptors (Lipinski definition) is 5. The minimum absolute atomic E-state index is 0.594. The van der Waals surface area contributed by atoms with Gasteiger partial charge in [0, 0.05) is 4.70 Å². The first kappa shape index (κ1) is 10.4. The van der Waals surface area contributed by atoms with Gasteiger partial charge in [-0.3, -0.25) is 0 Å². The monoisotopic (exact) mass is 245 g/mol. The molecule has 0 radical (unpaired) electrons. The Bertz CT molecular complexity index is 611. The van der Waals surface area contributed by atoms with Crippen molar-refractivity contribution in [2.75, 3.05) is 7.05 Å². The van der Waals surface area contributed by atoms with Gasteiger partial charge in [0.15, 0.2) is 0 Å². The predicted molar refractivity (Wildman–Crippen MR) is 67.9 cm³/mol.